The van der Waals surface area contributed by atoms with E-state index in [9.17, 15) is 38.1 Å². The minimum Gasteiger partial charge on any atom is -0.384 e. The van der Waals surface area contributed by atoms with Gasteiger partial charge in [-0.3, -0.25) is 4.98 Å². The van der Waals surface area contributed by atoms with E-state index < -0.39 is 45.2 Å². The fourth-order valence-electron chi connectivity index (χ4n) is 14.4. The van der Waals surface area contributed by atoms with Crippen molar-refractivity contribution in [3.63, 3.8) is 0 Å². The van der Waals surface area contributed by atoms with Crippen LogP contribution in [0.2, 0.25) is 0 Å². The Morgan fingerprint density at radius 1 is 0.350 bits per heavy atom. The molecule has 23 nitrogen and oxygen atoms in total. The van der Waals surface area contributed by atoms with Crippen molar-refractivity contribution in [1.29, 1.82) is 0 Å². The van der Waals surface area contributed by atoms with Crippen LogP contribution in [0, 0.1) is 33.5 Å². The van der Waals surface area contributed by atoms with Gasteiger partial charge in [-0.05, 0) is 205 Å². The third kappa shape index (κ3) is 20.0. The minimum absolute atomic E-state index is 0.0366. The van der Waals surface area contributed by atoms with Crippen LogP contribution >= 0.6 is 0 Å². The molecule has 0 unspecified atom stereocenters. The van der Waals surface area contributed by atoms with E-state index in [-0.39, 0.29) is 49.6 Å². The van der Waals surface area contributed by atoms with E-state index in [0.29, 0.717) is 60.6 Å². The number of hydrogen-bond donors (Lipinski definition) is 2. The molecule has 16 aromatic rings. The summed E-state index contributed by atoms with van der Waals surface area (Å²) in [6.45, 7) is 32.1. The summed E-state index contributed by atoms with van der Waals surface area (Å²) in [5, 5.41) is 31.6. The monoisotopic (exact) mass is 1730 g/mol. The predicted molar refractivity (Wildman–Crippen MR) is 485 cm³/mol. The molecule has 8 heterocycles. The van der Waals surface area contributed by atoms with Crippen molar-refractivity contribution in [3.05, 3.63) is 317 Å². The number of nitrogens with zero attached hydrogens (tertiary/aromatic N) is 13. The van der Waals surface area contributed by atoms with Gasteiger partial charge in [-0.15, -0.1) is 5.10 Å². The van der Waals surface area contributed by atoms with E-state index in [0.717, 1.165) is 99.7 Å². The van der Waals surface area contributed by atoms with Crippen molar-refractivity contribution in [2.24, 2.45) is 0 Å². The van der Waals surface area contributed by atoms with Crippen molar-refractivity contribution in [2.45, 2.75) is 175 Å². The van der Waals surface area contributed by atoms with E-state index in [4.69, 9.17) is 11.5 Å². The molecule has 28 heteroatoms. The number of aromatic nitrogens is 13. The average molecular weight is 1730 g/mol. The molecule has 4 N–H and O–H groups in total. The molecule has 8 aromatic carbocycles. The second-order valence-electron chi connectivity index (χ2n) is 34.8. The largest absolute Gasteiger partial charge is 0.384 e. The quantitative estimate of drug-likeness (QED) is 0.0907. The molecule has 0 bridgehead atoms. The zero-order valence-corrected chi connectivity index (χ0v) is 74.9. The Labute approximate surface area is 717 Å². The van der Waals surface area contributed by atoms with Crippen LogP contribution in [0.5, 0.6) is 0 Å². The molecule has 123 heavy (non-hydrogen) atoms. The number of hydrogen-bond acceptors (Lipinski definition) is 19. The molecule has 0 radical (unpaired) electrons. The third-order valence-electron chi connectivity index (χ3n) is 20.9. The van der Waals surface area contributed by atoms with E-state index in [1.165, 1.54) is 12.1 Å². The number of anilines is 2. The number of halogens is 1. The van der Waals surface area contributed by atoms with Crippen LogP contribution in [0.1, 0.15) is 151 Å². The van der Waals surface area contributed by atoms with Crippen LogP contribution in [-0.2, 0) is 84.0 Å². The fraction of sp³-hybridized carbons (Fsp3) is 0.253. The molecular formula is C95H100FN15O8S4. The number of fused-ring (bicyclic) bond motifs is 4. The summed E-state index contributed by atoms with van der Waals surface area (Å²) in [5.74, 6) is -0.191. The molecule has 8 aromatic heterocycles. The fourth-order valence-corrected chi connectivity index (χ4v) is 19.7. The van der Waals surface area contributed by atoms with Gasteiger partial charge in [-0.2, -0.15) is 25.5 Å². The molecule has 0 aliphatic carbocycles. The van der Waals surface area contributed by atoms with Gasteiger partial charge in [0.25, 0.3) is 0 Å². The molecule has 0 saturated carbocycles. The smallest absolute Gasteiger partial charge is 0.186 e. The lowest BCUT2D eigenvalue weighted by molar-refractivity contribution is 0.548. The lowest BCUT2D eigenvalue weighted by Gasteiger charge is -2.19. The van der Waals surface area contributed by atoms with Gasteiger partial charge >= 0.3 is 0 Å². The van der Waals surface area contributed by atoms with Crippen LogP contribution < -0.4 is 11.5 Å². The first-order valence-corrected chi connectivity index (χ1v) is 46.5. The van der Waals surface area contributed by atoms with Crippen LogP contribution in [0.25, 0.3) is 66.2 Å². The summed E-state index contributed by atoms with van der Waals surface area (Å²) in [6.07, 6.45) is 5.03. The molecule has 0 saturated heterocycles. The Morgan fingerprint density at radius 3 is 1.20 bits per heavy atom. The maximum atomic E-state index is 14.8. The summed E-state index contributed by atoms with van der Waals surface area (Å²) in [5.41, 5.74) is 24.4. The minimum atomic E-state index is -3.93. The van der Waals surface area contributed by atoms with Gasteiger partial charge in [0.15, 0.2) is 45.2 Å². The lowest BCUT2D eigenvalue weighted by Crippen LogP contribution is -2.15. The summed E-state index contributed by atoms with van der Waals surface area (Å²) >= 11 is 0. The topological polar surface area (TPSA) is 324 Å². The van der Waals surface area contributed by atoms with Crippen LogP contribution in [-0.4, -0.2) is 97.9 Å². The van der Waals surface area contributed by atoms with Gasteiger partial charge in [-0.25, -0.2) is 66.8 Å². The van der Waals surface area contributed by atoms with Crippen molar-refractivity contribution in [1.82, 2.24) is 64.3 Å². The number of pyridine rings is 3. The molecule has 634 valence electrons. The molecule has 16 rings (SSSR count). The highest BCUT2D eigenvalue weighted by Crippen LogP contribution is 2.35. The van der Waals surface area contributed by atoms with Crippen LogP contribution in [0.15, 0.2) is 263 Å². The number of aryl methyl sites for hydroxylation is 4. The first-order chi connectivity index (χ1) is 57.8. The highest BCUT2D eigenvalue weighted by Gasteiger charge is 2.30. The first kappa shape index (κ1) is 88.3. The lowest BCUT2D eigenvalue weighted by atomic mass is 9.87. The Bertz CT molecular complexity index is 7130. The molecule has 0 spiro atoms. The standard InChI is InChI=1S/C24H24FN3O2S.2C24H26N4O2S.C23H24N4O2S/c1-16-13-18(28(27-16)22-9-5-8-21-19(22)7-6-12-26-21)15-31(29,30)23-11-10-17(14-20(23)25)24(2,3)4;1-16-14-18(15-31(29,30)19-10-8-17(9-11-19)24(2,3)4)28(27-16)22-7-5-6-21-20(22)12-13-26-23(21)25;1-16-14-18(15-31(29,30)19-10-8-17(9-11-19)24(2,3)4)28(27-16)22-7-5-6-21-20(22)12-13-23(25)26-21;1-16-13-19(15-30(28,29)20-11-9-18(10-12-20)23(2,3)4)27(26-16)22-21-8-6-5-7-17(21)14-24-25-22/h5-14H,15H2,1-4H3;2*5-14H,15H2,1-4H3,(H2,25,26);5-14H,15H2,1-4H3. The van der Waals surface area contributed by atoms with Crippen molar-refractivity contribution < 1.29 is 38.1 Å². The second-order valence-corrected chi connectivity index (χ2v) is 42.7. The van der Waals surface area contributed by atoms with Gasteiger partial charge in [-0.1, -0.05) is 174 Å². The molecular weight excluding hydrogens is 1630 g/mol. The Hall–Kier alpha value is -12.5. The summed E-state index contributed by atoms with van der Waals surface area (Å²) in [4.78, 5) is 13.5. The Morgan fingerprint density at radius 2 is 0.740 bits per heavy atom. The second kappa shape index (κ2) is 34.4. The number of rotatable bonds is 16. The van der Waals surface area contributed by atoms with Crippen molar-refractivity contribution >= 4 is 94.3 Å². The average Bonchev–Trinajstić information content (AvgIpc) is 1.72. The third-order valence-corrected chi connectivity index (χ3v) is 27.6. The molecule has 0 fully saturated rings. The van der Waals surface area contributed by atoms with Gasteiger partial charge in [0.1, 0.15) is 22.3 Å². The van der Waals surface area contributed by atoms with Crippen molar-refractivity contribution in [2.75, 3.05) is 11.5 Å². The van der Waals surface area contributed by atoms with Gasteiger partial charge in [0.05, 0.1) is 118 Å². The van der Waals surface area contributed by atoms with E-state index >= 15 is 0 Å². The Kier molecular flexibility index (Phi) is 24.7. The highest BCUT2D eigenvalue weighted by atomic mass is 32.2. The van der Waals surface area contributed by atoms with Crippen LogP contribution in [0.3, 0.4) is 0 Å². The molecule has 0 amide bonds. The first-order valence-electron chi connectivity index (χ1n) is 39.9. The number of nitrogens with two attached hydrogens (primary N) is 2. The van der Waals surface area contributed by atoms with Gasteiger partial charge in [0.2, 0.25) is 0 Å². The summed E-state index contributed by atoms with van der Waals surface area (Å²) < 4.78 is 127. The Balaban J connectivity index is 0.000000141. The SMILES string of the molecule is Cc1cc(CS(=O)(=O)c2ccc(C(C)(C)C)cc2)n(-c2cccc3c(N)nccc23)n1.Cc1cc(CS(=O)(=O)c2ccc(C(C)(C)C)cc2)n(-c2cccc3nc(N)ccc23)n1.Cc1cc(CS(=O)(=O)c2ccc(C(C)(C)C)cc2)n(-c2nncc3ccccc23)n1.Cc1cc(CS(=O)(=O)c2ccc(C(C)(C)C)cc2F)n(-c2cccc3ncccc23)n1. The summed E-state index contributed by atoms with van der Waals surface area (Å²) in [7, 11) is -14.6. The summed E-state index contributed by atoms with van der Waals surface area (Å²) in [6, 6.07) is 66.7. The zero-order valence-electron chi connectivity index (χ0n) is 71.7. The highest BCUT2D eigenvalue weighted by molar-refractivity contribution is 7.91. The van der Waals surface area contributed by atoms with E-state index in [1.54, 1.807) is 105 Å². The van der Waals surface area contributed by atoms with Crippen LogP contribution in [0.4, 0.5) is 16.0 Å². The molecule has 0 atom stereocenters. The zero-order chi connectivity index (χ0) is 88.7. The predicted octanol–water partition coefficient (Wildman–Crippen LogP) is 18.7. The van der Waals surface area contributed by atoms with Gasteiger partial charge in [0, 0.05) is 44.7 Å². The van der Waals surface area contributed by atoms with Crippen molar-refractivity contribution in [3.8, 4) is 22.9 Å². The number of benzene rings is 8. The van der Waals surface area contributed by atoms with E-state index in [1.807, 2.05) is 193 Å². The maximum Gasteiger partial charge on any atom is 0.186 e. The maximum absolute atomic E-state index is 14.8. The number of nitrogen functional groups attached to an aromatic ring is 2. The van der Waals surface area contributed by atoms with E-state index in [2.05, 4.69) is 108 Å². The molecule has 0 aliphatic rings. The number of sulfone groups is 4. The molecule has 0 aliphatic heterocycles. The van der Waals surface area contributed by atoms with Gasteiger partial charge < -0.3 is 11.5 Å². The normalized spacial score (nSPS) is 12.4.